The summed E-state index contributed by atoms with van der Waals surface area (Å²) in [5, 5.41) is 13.4. The molecule has 0 aromatic carbocycles. The molecule has 0 bridgehead atoms. The smallest absolute Gasteiger partial charge is 0.317 e. The van der Waals surface area contributed by atoms with Crippen molar-refractivity contribution in [2.45, 2.75) is 25.3 Å². The number of likely N-dealkylation sites (N-methyl/N-ethyl adjacent to an activating group) is 1. The molecule has 3 aliphatic heterocycles. The summed E-state index contributed by atoms with van der Waals surface area (Å²) in [6, 6.07) is 0.414. The number of anilines is 3. The maximum absolute atomic E-state index is 11.7. The van der Waals surface area contributed by atoms with Gasteiger partial charge in [0.1, 0.15) is 5.82 Å². The van der Waals surface area contributed by atoms with Crippen LogP contribution in [-0.4, -0.2) is 82.9 Å². The zero-order valence-electron chi connectivity index (χ0n) is 18.3. The van der Waals surface area contributed by atoms with Crippen LogP contribution in [0.3, 0.4) is 0 Å². The average Bonchev–Trinajstić information content (AvgIpc) is 3.36. The number of rotatable bonds is 5. The molecule has 3 amide bonds. The van der Waals surface area contributed by atoms with E-state index in [-0.39, 0.29) is 11.7 Å². The number of aromatic nitrogens is 4. The quantitative estimate of drug-likeness (QED) is 0.517. The van der Waals surface area contributed by atoms with Crippen molar-refractivity contribution in [2.75, 3.05) is 56.5 Å². The van der Waals surface area contributed by atoms with Gasteiger partial charge < -0.3 is 31.5 Å². The number of hydrogen-bond acceptors (Lipinski definition) is 8. The first-order chi connectivity index (χ1) is 15.5. The topological polar surface area (TPSA) is 146 Å². The first kappa shape index (κ1) is 21.8. The van der Waals surface area contributed by atoms with Crippen LogP contribution in [0.2, 0.25) is 0 Å². The van der Waals surface area contributed by atoms with Crippen molar-refractivity contribution < 1.29 is 9.59 Å². The standard InChI is InChI=1S/C16H22N8O.C4H8N2O/c17-15(25)14-16(21-11-6-20-24(10-11)12-7-18-8-12)22-13(9-19-14)23-4-2-1-3-5-23;1-6-3-2-5-4(6)7/h6,9-10,12,18H,1-5,7-8H2,(H2,17,25)(H,21,22);2-3H2,1H3,(H,5,7). The number of carbonyl (C=O) groups is 2. The molecule has 0 saturated carbocycles. The van der Waals surface area contributed by atoms with Gasteiger partial charge in [0, 0.05) is 52.5 Å². The predicted molar refractivity (Wildman–Crippen MR) is 120 cm³/mol. The molecule has 0 aliphatic carbocycles. The molecule has 5 N–H and O–H groups in total. The van der Waals surface area contributed by atoms with Gasteiger partial charge in [-0.25, -0.2) is 14.8 Å². The first-order valence-electron chi connectivity index (χ1n) is 10.9. The Morgan fingerprint density at radius 1 is 1.19 bits per heavy atom. The second-order valence-electron chi connectivity index (χ2n) is 8.14. The first-order valence-corrected chi connectivity index (χ1v) is 10.9. The van der Waals surface area contributed by atoms with E-state index in [2.05, 4.69) is 35.9 Å². The Balaban J connectivity index is 0.000000300. The number of nitrogens with one attached hydrogen (secondary N) is 3. The number of primary amides is 1. The minimum absolute atomic E-state index is 0.0417. The van der Waals surface area contributed by atoms with Crippen molar-refractivity contribution in [2.24, 2.45) is 5.73 Å². The summed E-state index contributed by atoms with van der Waals surface area (Å²) >= 11 is 0. The highest BCUT2D eigenvalue weighted by Gasteiger charge is 2.21. The highest BCUT2D eigenvalue weighted by molar-refractivity contribution is 5.96. The van der Waals surface area contributed by atoms with Gasteiger partial charge in [0.05, 0.1) is 24.1 Å². The van der Waals surface area contributed by atoms with Gasteiger partial charge in [-0.1, -0.05) is 0 Å². The molecule has 12 nitrogen and oxygen atoms in total. The number of hydrogen-bond donors (Lipinski definition) is 4. The normalized spacial score (nSPS) is 18.5. The molecule has 0 spiro atoms. The Morgan fingerprint density at radius 2 is 1.97 bits per heavy atom. The van der Waals surface area contributed by atoms with E-state index < -0.39 is 5.91 Å². The Hall–Kier alpha value is -3.41. The van der Waals surface area contributed by atoms with Gasteiger partial charge in [-0.2, -0.15) is 5.10 Å². The van der Waals surface area contributed by atoms with Gasteiger partial charge in [0.15, 0.2) is 11.5 Å². The molecular weight excluding hydrogens is 412 g/mol. The van der Waals surface area contributed by atoms with Crippen molar-refractivity contribution in [3.63, 3.8) is 0 Å². The van der Waals surface area contributed by atoms with E-state index in [4.69, 9.17) is 5.73 Å². The summed E-state index contributed by atoms with van der Waals surface area (Å²) < 4.78 is 1.91. The van der Waals surface area contributed by atoms with E-state index in [1.807, 2.05) is 10.9 Å². The summed E-state index contributed by atoms with van der Waals surface area (Å²) in [5.74, 6) is 0.542. The summed E-state index contributed by atoms with van der Waals surface area (Å²) in [7, 11) is 1.78. The van der Waals surface area contributed by atoms with Crippen molar-refractivity contribution >= 4 is 29.3 Å². The molecule has 0 unspecified atom stereocenters. The molecule has 3 saturated heterocycles. The Kier molecular flexibility index (Phi) is 6.69. The van der Waals surface area contributed by atoms with E-state index in [1.54, 1.807) is 24.3 Å². The molecule has 32 heavy (non-hydrogen) atoms. The largest absolute Gasteiger partial charge is 0.364 e. The van der Waals surface area contributed by atoms with Crippen molar-refractivity contribution in [1.82, 2.24) is 35.3 Å². The van der Waals surface area contributed by atoms with Crippen LogP contribution in [-0.2, 0) is 0 Å². The minimum atomic E-state index is -0.601. The van der Waals surface area contributed by atoms with Gasteiger partial charge in [0.25, 0.3) is 5.91 Å². The van der Waals surface area contributed by atoms with Crippen molar-refractivity contribution in [1.29, 1.82) is 0 Å². The van der Waals surface area contributed by atoms with Crippen LogP contribution in [0.15, 0.2) is 18.6 Å². The fraction of sp³-hybridized carbons (Fsp3) is 0.550. The van der Waals surface area contributed by atoms with E-state index in [1.165, 1.54) is 6.42 Å². The number of urea groups is 1. The Morgan fingerprint density at radius 3 is 2.53 bits per heavy atom. The van der Waals surface area contributed by atoms with Crippen LogP contribution in [0, 0.1) is 0 Å². The molecule has 172 valence electrons. The van der Waals surface area contributed by atoms with Crippen LogP contribution in [0.25, 0.3) is 0 Å². The van der Waals surface area contributed by atoms with Crippen molar-refractivity contribution in [3.05, 3.63) is 24.3 Å². The van der Waals surface area contributed by atoms with Gasteiger partial charge in [0.2, 0.25) is 0 Å². The lowest BCUT2D eigenvalue weighted by molar-refractivity contribution is 0.0996. The lowest BCUT2D eigenvalue weighted by Gasteiger charge is -2.28. The van der Waals surface area contributed by atoms with Crippen LogP contribution >= 0.6 is 0 Å². The lowest BCUT2D eigenvalue weighted by atomic mass is 10.1. The highest BCUT2D eigenvalue weighted by Crippen LogP contribution is 2.23. The third-order valence-corrected chi connectivity index (χ3v) is 5.74. The third kappa shape index (κ3) is 5.07. The second kappa shape index (κ2) is 9.81. The third-order valence-electron chi connectivity index (χ3n) is 5.74. The molecule has 2 aromatic rings. The summed E-state index contributed by atoms with van der Waals surface area (Å²) in [4.78, 5) is 34.8. The molecule has 5 heterocycles. The summed E-state index contributed by atoms with van der Waals surface area (Å²) in [6.45, 7) is 5.39. The summed E-state index contributed by atoms with van der Waals surface area (Å²) in [6.07, 6.45) is 8.78. The highest BCUT2D eigenvalue weighted by atomic mass is 16.2. The molecule has 3 fully saturated rings. The SMILES string of the molecule is CN1CCNC1=O.NC(=O)c1ncc(N2CCCCC2)nc1Nc1cnn(C2CNC2)c1. The Labute approximate surface area is 186 Å². The minimum Gasteiger partial charge on any atom is -0.364 e. The van der Waals surface area contributed by atoms with Crippen LogP contribution in [0.1, 0.15) is 35.8 Å². The average molecular weight is 443 g/mol. The number of piperidine rings is 1. The molecule has 5 rings (SSSR count). The number of carbonyl (C=O) groups excluding carboxylic acids is 2. The summed E-state index contributed by atoms with van der Waals surface area (Å²) in [5.41, 5.74) is 6.36. The van der Waals surface area contributed by atoms with Gasteiger partial charge in [-0.3, -0.25) is 9.48 Å². The maximum Gasteiger partial charge on any atom is 0.317 e. The molecule has 0 atom stereocenters. The molecule has 0 radical (unpaired) electrons. The molecule has 12 heteroatoms. The fourth-order valence-electron chi connectivity index (χ4n) is 3.69. The zero-order chi connectivity index (χ0) is 22.5. The van der Waals surface area contributed by atoms with Gasteiger partial charge in [-0.05, 0) is 19.3 Å². The molecule has 2 aromatic heterocycles. The fourth-order valence-corrected chi connectivity index (χ4v) is 3.69. The second-order valence-corrected chi connectivity index (χ2v) is 8.14. The van der Waals surface area contributed by atoms with E-state index >= 15 is 0 Å². The number of amides is 3. The number of nitrogens with zero attached hydrogens (tertiary/aromatic N) is 6. The van der Waals surface area contributed by atoms with E-state index in [0.717, 1.165) is 63.6 Å². The van der Waals surface area contributed by atoms with E-state index in [9.17, 15) is 9.59 Å². The van der Waals surface area contributed by atoms with Crippen LogP contribution in [0.4, 0.5) is 22.1 Å². The van der Waals surface area contributed by atoms with Crippen molar-refractivity contribution in [3.8, 4) is 0 Å². The van der Waals surface area contributed by atoms with Crippen LogP contribution < -0.4 is 26.6 Å². The van der Waals surface area contributed by atoms with E-state index in [0.29, 0.717) is 11.9 Å². The number of nitrogens with two attached hydrogens (primary N) is 1. The molecular formula is C20H30N10O2. The predicted octanol–water partition coefficient (Wildman–Crippen LogP) is 0.292. The zero-order valence-corrected chi connectivity index (χ0v) is 18.3. The van der Waals surface area contributed by atoms with Gasteiger partial charge >= 0.3 is 6.03 Å². The lowest BCUT2D eigenvalue weighted by Crippen LogP contribution is -2.43. The Bertz CT molecular complexity index is 952. The van der Waals surface area contributed by atoms with Gasteiger partial charge in [-0.15, -0.1) is 0 Å². The molecule has 3 aliphatic rings. The monoisotopic (exact) mass is 442 g/mol. The van der Waals surface area contributed by atoms with Crippen LogP contribution in [0.5, 0.6) is 0 Å². The maximum atomic E-state index is 11.7.